The number of aryl methyl sites for hydroxylation is 1. The fourth-order valence-corrected chi connectivity index (χ4v) is 3.19. The number of rotatable bonds is 3. The Bertz CT molecular complexity index is 771. The topological polar surface area (TPSA) is 50.7 Å². The van der Waals surface area contributed by atoms with Crippen LogP contribution in [0.15, 0.2) is 36.5 Å². The van der Waals surface area contributed by atoms with E-state index in [1.54, 1.807) is 0 Å². The van der Waals surface area contributed by atoms with Crippen LogP contribution >= 0.6 is 22.6 Å². The molecular formula is C16H15IN4. The number of aromatic nitrogens is 3. The number of fused-ring (bicyclic) bond motifs is 1. The molecule has 0 bridgehead atoms. The first kappa shape index (κ1) is 14.2. The highest BCUT2D eigenvalue weighted by Gasteiger charge is 2.14. The highest BCUT2D eigenvalue weighted by molar-refractivity contribution is 14.1. The summed E-state index contributed by atoms with van der Waals surface area (Å²) in [6, 6.07) is 10.2. The third-order valence-electron chi connectivity index (χ3n) is 3.38. The monoisotopic (exact) mass is 390 g/mol. The van der Waals surface area contributed by atoms with E-state index in [0.717, 1.165) is 38.0 Å². The summed E-state index contributed by atoms with van der Waals surface area (Å²) in [4.78, 5) is 13.8. The smallest absolute Gasteiger partial charge is 0.181 e. The third kappa shape index (κ3) is 2.57. The van der Waals surface area contributed by atoms with Crippen molar-refractivity contribution in [1.29, 1.82) is 0 Å². The summed E-state index contributed by atoms with van der Waals surface area (Å²) in [6.07, 6.45) is 2.68. The normalized spacial score (nSPS) is 10.8. The van der Waals surface area contributed by atoms with Crippen molar-refractivity contribution >= 4 is 39.2 Å². The Hall–Kier alpha value is -1.76. The molecule has 0 aliphatic carbocycles. The van der Waals surface area contributed by atoms with Gasteiger partial charge in [-0.2, -0.15) is 0 Å². The number of nitrogens with zero attached hydrogens (tertiary/aromatic N) is 3. The van der Waals surface area contributed by atoms with Crippen molar-refractivity contribution in [2.24, 2.45) is 0 Å². The second kappa shape index (κ2) is 5.93. The molecule has 0 fully saturated rings. The van der Waals surface area contributed by atoms with Gasteiger partial charge in [-0.3, -0.25) is 4.98 Å². The third-order valence-corrected chi connectivity index (χ3v) is 4.51. The maximum absolute atomic E-state index is 4.70. The van der Waals surface area contributed by atoms with Crippen molar-refractivity contribution in [3.63, 3.8) is 0 Å². The molecule has 1 N–H and O–H groups in total. The van der Waals surface area contributed by atoms with E-state index >= 15 is 0 Å². The highest BCUT2D eigenvalue weighted by atomic mass is 127. The van der Waals surface area contributed by atoms with Gasteiger partial charge in [-0.25, -0.2) is 9.97 Å². The van der Waals surface area contributed by atoms with E-state index < -0.39 is 0 Å². The van der Waals surface area contributed by atoms with Crippen LogP contribution in [-0.4, -0.2) is 22.0 Å². The maximum Gasteiger partial charge on any atom is 0.181 e. The Morgan fingerprint density at radius 2 is 1.95 bits per heavy atom. The molecule has 0 saturated carbocycles. The average Bonchev–Trinajstić information content (AvgIpc) is 2.54. The van der Waals surface area contributed by atoms with Crippen molar-refractivity contribution in [3.8, 4) is 11.5 Å². The van der Waals surface area contributed by atoms with Crippen molar-refractivity contribution in [3.05, 3.63) is 45.8 Å². The van der Waals surface area contributed by atoms with Crippen LogP contribution in [0, 0.1) is 3.57 Å². The molecule has 4 nitrogen and oxygen atoms in total. The van der Waals surface area contributed by atoms with Gasteiger partial charge in [0, 0.05) is 18.6 Å². The zero-order valence-corrected chi connectivity index (χ0v) is 14.0. The summed E-state index contributed by atoms with van der Waals surface area (Å²) in [6.45, 7) is 2.10. The number of benzene rings is 1. The van der Waals surface area contributed by atoms with Crippen molar-refractivity contribution in [1.82, 2.24) is 15.0 Å². The molecule has 0 radical (unpaired) electrons. The van der Waals surface area contributed by atoms with Crippen molar-refractivity contribution < 1.29 is 0 Å². The minimum atomic E-state index is 0.674. The quantitative estimate of drug-likeness (QED) is 0.690. The van der Waals surface area contributed by atoms with Crippen LogP contribution in [-0.2, 0) is 6.42 Å². The molecule has 0 unspecified atom stereocenters. The van der Waals surface area contributed by atoms with E-state index in [1.807, 2.05) is 31.4 Å². The predicted octanol–water partition coefficient (Wildman–Crippen LogP) is 3.90. The number of anilines is 1. The van der Waals surface area contributed by atoms with Gasteiger partial charge >= 0.3 is 0 Å². The van der Waals surface area contributed by atoms with E-state index in [9.17, 15) is 0 Å². The fourth-order valence-electron chi connectivity index (χ4n) is 2.30. The standard InChI is InChI=1S/C16H15IN4/c1-3-12-13(17)15(18-2)21-16(20-12)14-11-7-5-4-6-10(11)8-9-19-14/h4-9H,3H2,1-2H3,(H,18,20,21). The summed E-state index contributed by atoms with van der Waals surface area (Å²) >= 11 is 2.29. The van der Waals surface area contributed by atoms with Crippen LogP contribution in [0.3, 0.4) is 0 Å². The zero-order chi connectivity index (χ0) is 14.8. The Kier molecular flexibility index (Phi) is 4.01. The van der Waals surface area contributed by atoms with Gasteiger partial charge in [0.15, 0.2) is 5.82 Å². The van der Waals surface area contributed by atoms with Gasteiger partial charge in [0.05, 0.1) is 9.26 Å². The second-order valence-electron chi connectivity index (χ2n) is 4.64. The Morgan fingerprint density at radius 1 is 1.14 bits per heavy atom. The minimum absolute atomic E-state index is 0.674. The van der Waals surface area contributed by atoms with Gasteiger partial charge in [-0.1, -0.05) is 31.2 Å². The van der Waals surface area contributed by atoms with Crippen LogP contribution in [0.2, 0.25) is 0 Å². The van der Waals surface area contributed by atoms with E-state index in [0.29, 0.717) is 5.82 Å². The van der Waals surface area contributed by atoms with Crippen molar-refractivity contribution in [2.45, 2.75) is 13.3 Å². The van der Waals surface area contributed by atoms with Crippen LogP contribution in [0.4, 0.5) is 5.82 Å². The number of hydrogen-bond donors (Lipinski definition) is 1. The summed E-state index contributed by atoms with van der Waals surface area (Å²) < 4.78 is 1.07. The van der Waals surface area contributed by atoms with Crippen molar-refractivity contribution in [2.75, 3.05) is 12.4 Å². The highest BCUT2D eigenvalue weighted by Crippen LogP contribution is 2.27. The van der Waals surface area contributed by atoms with Gasteiger partial charge < -0.3 is 5.32 Å². The van der Waals surface area contributed by atoms with Gasteiger partial charge in [0.2, 0.25) is 0 Å². The predicted molar refractivity (Wildman–Crippen MR) is 94.4 cm³/mol. The molecule has 21 heavy (non-hydrogen) atoms. The molecule has 3 aromatic rings. The second-order valence-corrected chi connectivity index (χ2v) is 5.72. The summed E-state index contributed by atoms with van der Waals surface area (Å²) in [5.74, 6) is 1.53. The lowest BCUT2D eigenvalue weighted by Crippen LogP contribution is -2.05. The number of hydrogen-bond acceptors (Lipinski definition) is 4. The SMILES string of the molecule is CCc1nc(-c2nccc3ccccc23)nc(NC)c1I. The lowest BCUT2D eigenvalue weighted by molar-refractivity contribution is 0.985. The van der Waals surface area contributed by atoms with Crippen LogP contribution in [0.5, 0.6) is 0 Å². The van der Waals surface area contributed by atoms with E-state index in [1.165, 1.54) is 0 Å². The zero-order valence-electron chi connectivity index (χ0n) is 11.9. The summed E-state index contributed by atoms with van der Waals surface area (Å²) in [7, 11) is 1.88. The lowest BCUT2D eigenvalue weighted by atomic mass is 10.1. The molecule has 1 aromatic carbocycles. The number of nitrogens with one attached hydrogen (secondary N) is 1. The summed E-state index contributed by atoms with van der Waals surface area (Å²) in [5.41, 5.74) is 1.87. The first-order valence-corrected chi connectivity index (χ1v) is 7.90. The molecule has 0 aliphatic rings. The minimum Gasteiger partial charge on any atom is -0.372 e. The van der Waals surface area contributed by atoms with Crippen LogP contribution in [0.1, 0.15) is 12.6 Å². The molecule has 0 aliphatic heterocycles. The molecule has 5 heteroatoms. The maximum atomic E-state index is 4.70. The van der Waals surface area contributed by atoms with Gasteiger partial charge in [-0.15, -0.1) is 0 Å². The van der Waals surface area contributed by atoms with Gasteiger partial charge in [0.1, 0.15) is 11.5 Å². The van der Waals surface area contributed by atoms with E-state index in [2.05, 4.69) is 56.9 Å². The molecule has 0 atom stereocenters. The van der Waals surface area contributed by atoms with E-state index in [-0.39, 0.29) is 0 Å². The molecule has 0 spiro atoms. The Labute approximate surface area is 137 Å². The largest absolute Gasteiger partial charge is 0.372 e. The average molecular weight is 390 g/mol. The summed E-state index contributed by atoms with van der Waals surface area (Å²) in [5, 5.41) is 5.36. The number of pyridine rings is 1. The molecule has 0 amide bonds. The number of halogens is 1. The molecule has 106 valence electrons. The fraction of sp³-hybridized carbons (Fsp3) is 0.188. The van der Waals surface area contributed by atoms with Gasteiger partial charge in [0.25, 0.3) is 0 Å². The Morgan fingerprint density at radius 3 is 2.71 bits per heavy atom. The van der Waals surface area contributed by atoms with E-state index in [4.69, 9.17) is 4.98 Å². The first-order chi connectivity index (χ1) is 10.2. The first-order valence-electron chi connectivity index (χ1n) is 6.83. The van der Waals surface area contributed by atoms with Gasteiger partial charge in [-0.05, 0) is 40.5 Å². The van der Waals surface area contributed by atoms with Crippen LogP contribution in [0.25, 0.3) is 22.3 Å². The lowest BCUT2D eigenvalue weighted by Gasteiger charge is -2.11. The van der Waals surface area contributed by atoms with Crippen LogP contribution < -0.4 is 5.32 Å². The molecule has 3 rings (SSSR count). The molecule has 0 saturated heterocycles. The molecular weight excluding hydrogens is 375 g/mol. The molecule has 2 aromatic heterocycles. The molecule has 2 heterocycles. The Balaban J connectivity index is 2.28.